The zero-order valence-electron chi connectivity index (χ0n) is 20.5. The van der Waals surface area contributed by atoms with E-state index >= 15 is 0 Å². The zero-order chi connectivity index (χ0) is 25.6. The summed E-state index contributed by atoms with van der Waals surface area (Å²) >= 11 is 1.51. The Bertz CT molecular complexity index is 1510. The van der Waals surface area contributed by atoms with E-state index in [9.17, 15) is 4.79 Å². The van der Waals surface area contributed by atoms with E-state index in [4.69, 9.17) is 24.3 Å². The summed E-state index contributed by atoms with van der Waals surface area (Å²) in [5.74, 6) is 1.82. The maximum Gasteiger partial charge on any atom is 0.262 e. The number of benzene rings is 3. The standard InChI is InChI=1S/C28H26N4O4S/c1-34-22-10-8-21(26(15-22)35-2)16-30-32-24(20-9-11-25-23(14-20)31-27(33)17-36-25)18-37-28(32)29-13-12-19-6-4-3-5-7-19/h3-11,14-16,18H,12-13,17H2,1-2H3,(H,31,33). The van der Waals surface area contributed by atoms with E-state index in [1.54, 1.807) is 20.4 Å². The van der Waals surface area contributed by atoms with Crippen LogP contribution in [0.5, 0.6) is 17.2 Å². The van der Waals surface area contributed by atoms with Crippen LogP contribution in [0.2, 0.25) is 0 Å². The van der Waals surface area contributed by atoms with Crippen LogP contribution < -0.4 is 24.3 Å². The number of carbonyl (C=O) groups is 1. The van der Waals surface area contributed by atoms with Gasteiger partial charge in [0.05, 0.1) is 31.8 Å². The number of ether oxygens (including phenoxy) is 3. The number of amides is 1. The molecule has 9 heteroatoms. The molecule has 1 aromatic heterocycles. The zero-order valence-corrected chi connectivity index (χ0v) is 21.3. The molecule has 4 aromatic rings. The third-order valence-electron chi connectivity index (χ3n) is 5.84. The van der Waals surface area contributed by atoms with Crippen molar-refractivity contribution in [2.24, 2.45) is 10.1 Å². The third kappa shape index (κ3) is 5.57. The predicted molar refractivity (Wildman–Crippen MR) is 145 cm³/mol. The van der Waals surface area contributed by atoms with Crippen molar-refractivity contribution in [3.05, 3.63) is 88.0 Å². The van der Waals surface area contributed by atoms with Gasteiger partial charge in [0, 0.05) is 29.1 Å². The minimum absolute atomic E-state index is 0.0171. The second-order valence-electron chi connectivity index (χ2n) is 8.23. The molecular formula is C28H26N4O4S. The van der Waals surface area contributed by atoms with Crippen molar-refractivity contribution in [1.29, 1.82) is 0 Å². The summed E-state index contributed by atoms with van der Waals surface area (Å²) in [5, 5.41) is 9.68. The van der Waals surface area contributed by atoms with Crippen molar-refractivity contribution >= 4 is 29.1 Å². The molecule has 0 saturated carbocycles. The number of hydrogen-bond acceptors (Lipinski definition) is 7. The molecule has 1 amide bonds. The first-order valence-corrected chi connectivity index (χ1v) is 12.6. The minimum atomic E-state index is -0.177. The fourth-order valence-electron chi connectivity index (χ4n) is 3.93. The van der Waals surface area contributed by atoms with Crippen LogP contribution in [0.4, 0.5) is 5.69 Å². The molecule has 0 unspecified atom stereocenters. The van der Waals surface area contributed by atoms with E-state index in [0.29, 0.717) is 29.5 Å². The molecule has 1 N–H and O–H groups in total. The molecule has 0 bridgehead atoms. The summed E-state index contributed by atoms with van der Waals surface area (Å²) in [6, 6.07) is 21.5. The highest BCUT2D eigenvalue weighted by Crippen LogP contribution is 2.33. The Balaban J connectivity index is 1.53. The molecular weight excluding hydrogens is 488 g/mol. The van der Waals surface area contributed by atoms with Crippen LogP contribution in [0.1, 0.15) is 11.1 Å². The van der Waals surface area contributed by atoms with Gasteiger partial charge in [-0.3, -0.25) is 9.79 Å². The Hall–Kier alpha value is -4.37. The lowest BCUT2D eigenvalue weighted by Crippen LogP contribution is -2.25. The van der Waals surface area contributed by atoms with Crippen molar-refractivity contribution in [2.45, 2.75) is 6.42 Å². The summed E-state index contributed by atoms with van der Waals surface area (Å²) < 4.78 is 18.2. The molecule has 0 fully saturated rings. The van der Waals surface area contributed by atoms with Crippen LogP contribution in [-0.4, -0.2) is 44.2 Å². The number of thiazole rings is 1. The second kappa shape index (κ2) is 11.1. The molecule has 0 atom stereocenters. The lowest BCUT2D eigenvalue weighted by atomic mass is 10.1. The molecule has 188 valence electrons. The highest BCUT2D eigenvalue weighted by Gasteiger charge is 2.18. The molecule has 37 heavy (non-hydrogen) atoms. The Morgan fingerprint density at radius 1 is 1.08 bits per heavy atom. The number of nitrogens with one attached hydrogen (secondary N) is 1. The van der Waals surface area contributed by atoms with Gasteiger partial charge in [0.25, 0.3) is 5.91 Å². The van der Waals surface area contributed by atoms with Crippen LogP contribution in [0.25, 0.3) is 11.3 Å². The first-order valence-electron chi connectivity index (χ1n) is 11.7. The predicted octanol–water partition coefficient (Wildman–Crippen LogP) is 4.59. The fourth-order valence-corrected chi connectivity index (χ4v) is 4.79. The second-order valence-corrected chi connectivity index (χ2v) is 9.07. The molecule has 0 aliphatic carbocycles. The van der Waals surface area contributed by atoms with Gasteiger partial charge in [0.1, 0.15) is 17.2 Å². The summed E-state index contributed by atoms with van der Waals surface area (Å²) in [7, 11) is 3.23. The van der Waals surface area contributed by atoms with E-state index in [-0.39, 0.29) is 12.5 Å². The van der Waals surface area contributed by atoms with Gasteiger partial charge in [-0.15, -0.1) is 11.3 Å². The molecule has 0 saturated heterocycles. The van der Waals surface area contributed by atoms with Gasteiger partial charge in [-0.2, -0.15) is 5.10 Å². The molecule has 3 aromatic carbocycles. The largest absolute Gasteiger partial charge is 0.497 e. The van der Waals surface area contributed by atoms with E-state index in [2.05, 4.69) is 17.4 Å². The monoisotopic (exact) mass is 514 g/mol. The van der Waals surface area contributed by atoms with Crippen molar-refractivity contribution in [3.8, 4) is 28.5 Å². The van der Waals surface area contributed by atoms with Crippen LogP contribution in [0.15, 0.2) is 82.2 Å². The Kier molecular flexibility index (Phi) is 7.32. The number of hydrogen-bond donors (Lipinski definition) is 1. The van der Waals surface area contributed by atoms with E-state index in [1.165, 1.54) is 16.9 Å². The van der Waals surface area contributed by atoms with Crippen LogP contribution >= 0.6 is 11.3 Å². The summed E-state index contributed by atoms with van der Waals surface area (Å²) in [4.78, 5) is 17.5. The minimum Gasteiger partial charge on any atom is -0.497 e. The van der Waals surface area contributed by atoms with E-state index in [1.807, 2.05) is 64.7 Å². The van der Waals surface area contributed by atoms with Crippen LogP contribution in [0.3, 0.4) is 0 Å². The number of anilines is 1. The Morgan fingerprint density at radius 2 is 1.95 bits per heavy atom. The highest BCUT2D eigenvalue weighted by molar-refractivity contribution is 7.07. The van der Waals surface area contributed by atoms with Gasteiger partial charge in [-0.05, 0) is 42.3 Å². The lowest BCUT2D eigenvalue weighted by Gasteiger charge is -2.18. The average Bonchev–Trinajstić information content (AvgIpc) is 3.34. The average molecular weight is 515 g/mol. The van der Waals surface area contributed by atoms with Gasteiger partial charge in [0.2, 0.25) is 4.80 Å². The molecule has 0 radical (unpaired) electrons. The maximum atomic E-state index is 11.8. The molecule has 1 aliphatic rings. The van der Waals surface area contributed by atoms with Crippen molar-refractivity contribution in [3.63, 3.8) is 0 Å². The number of nitrogens with zero attached hydrogens (tertiary/aromatic N) is 3. The van der Waals surface area contributed by atoms with Crippen LogP contribution in [0, 0.1) is 0 Å². The van der Waals surface area contributed by atoms with Gasteiger partial charge < -0.3 is 19.5 Å². The Labute approximate surface area is 218 Å². The lowest BCUT2D eigenvalue weighted by molar-refractivity contribution is -0.118. The van der Waals surface area contributed by atoms with Gasteiger partial charge in [0.15, 0.2) is 6.61 Å². The topological polar surface area (TPSA) is 86.4 Å². The summed E-state index contributed by atoms with van der Waals surface area (Å²) in [6.45, 7) is 0.642. The number of rotatable bonds is 8. The van der Waals surface area contributed by atoms with Gasteiger partial charge >= 0.3 is 0 Å². The number of carbonyl (C=O) groups excluding carboxylic acids is 1. The molecule has 1 aliphatic heterocycles. The van der Waals surface area contributed by atoms with Gasteiger partial charge in [-0.1, -0.05) is 30.3 Å². The van der Waals surface area contributed by atoms with Gasteiger partial charge in [-0.25, -0.2) is 4.68 Å². The number of fused-ring (bicyclic) bond motifs is 1. The van der Waals surface area contributed by atoms with Crippen molar-refractivity contribution in [2.75, 3.05) is 32.7 Å². The smallest absolute Gasteiger partial charge is 0.262 e. The van der Waals surface area contributed by atoms with Crippen LogP contribution in [-0.2, 0) is 11.2 Å². The SMILES string of the molecule is COc1ccc(C=Nn2c(-c3ccc4c(c3)NC(=O)CO4)csc2=NCCc2ccccc2)c(OC)c1. The molecule has 2 heterocycles. The first kappa shape index (κ1) is 24.3. The first-order chi connectivity index (χ1) is 18.1. The number of aromatic nitrogens is 1. The van der Waals surface area contributed by atoms with E-state index in [0.717, 1.165) is 28.0 Å². The maximum absolute atomic E-state index is 11.8. The molecule has 0 spiro atoms. The van der Waals surface area contributed by atoms with Crippen molar-refractivity contribution < 1.29 is 19.0 Å². The van der Waals surface area contributed by atoms with E-state index < -0.39 is 0 Å². The van der Waals surface area contributed by atoms with Crippen molar-refractivity contribution in [1.82, 2.24) is 4.68 Å². The Morgan fingerprint density at radius 3 is 2.76 bits per heavy atom. The normalized spacial score (nSPS) is 13.2. The fraction of sp³-hybridized carbons (Fsp3) is 0.179. The third-order valence-corrected chi connectivity index (χ3v) is 6.69. The molecule has 8 nitrogen and oxygen atoms in total. The number of methoxy groups -OCH3 is 2. The summed E-state index contributed by atoms with van der Waals surface area (Å²) in [5.41, 5.74) is 4.38. The summed E-state index contributed by atoms with van der Waals surface area (Å²) in [6.07, 6.45) is 2.57. The quantitative estimate of drug-likeness (QED) is 0.349. The molecule has 5 rings (SSSR count). The highest BCUT2D eigenvalue weighted by atomic mass is 32.1.